The average molecular weight is 269 g/mol. The molecule has 20 heavy (non-hydrogen) atoms. The van der Waals surface area contributed by atoms with Crippen molar-refractivity contribution in [2.24, 2.45) is 28.9 Å². The normalized spacial score (nSPS) is 38.1. The molecule has 0 amide bonds. The van der Waals surface area contributed by atoms with Crippen LogP contribution in [0.25, 0.3) is 0 Å². The van der Waals surface area contributed by atoms with E-state index in [0.717, 1.165) is 48.1 Å². The van der Waals surface area contributed by atoms with Gasteiger partial charge in [-0.25, -0.2) is 0 Å². The molecule has 4 bridgehead atoms. The summed E-state index contributed by atoms with van der Waals surface area (Å²) in [5.41, 5.74) is 7.63. The molecule has 0 unspecified atom stereocenters. The summed E-state index contributed by atoms with van der Waals surface area (Å²) in [5.74, 6) is 2.90. The van der Waals surface area contributed by atoms with Crippen LogP contribution in [0.3, 0.4) is 0 Å². The summed E-state index contributed by atoms with van der Waals surface area (Å²) >= 11 is 0. The zero-order valence-electron chi connectivity index (χ0n) is 12.0. The smallest absolute Gasteiger partial charge is 0.169 e. The minimum atomic E-state index is -0.0149. The minimum absolute atomic E-state index is 0.0149. The van der Waals surface area contributed by atoms with Gasteiger partial charge in [0.25, 0.3) is 0 Å². The van der Waals surface area contributed by atoms with Gasteiger partial charge in [0.05, 0.1) is 0 Å². The van der Waals surface area contributed by atoms with Gasteiger partial charge in [-0.2, -0.15) is 0 Å². The summed E-state index contributed by atoms with van der Waals surface area (Å²) in [6.45, 7) is 0.547. The largest absolute Gasteiger partial charge is 0.326 e. The Kier molecular flexibility index (Phi) is 2.78. The standard InChI is InChI=1S/C18H23NO/c19-11-12-1-3-16(4-2-12)17(20)18-8-13-5-14(9-18)7-15(6-13)10-18/h1-4,13-15H,5-11,19H2. The van der Waals surface area contributed by atoms with Crippen LogP contribution in [0, 0.1) is 23.2 Å². The van der Waals surface area contributed by atoms with E-state index < -0.39 is 0 Å². The molecule has 1 aromatic rings. The molecular formula is C18H23NO. The second-order valence-electron chi connectivity index (χ2n) is 7.43. The van der Waals surface area contributed by atoms with Crippen LogP contribution in [0.15, 0.2) is 24.3 Å². The number of nitrogens with two attached hydrogens (primary N) is 1. The molecule has 1 aromatic carbocycles. The summed E-state index contributed by atoms with van der Waals surface area (Å²) in [6.07, 6.45) is 7.61. The second-order valence-corrected chi connectivity index (χ2v) is 7.43. The summed E-state index contributed by atoms with van der Waals surface area (Å²) in [7, 11) is 0. The van der Waals surface area contributed by atoms with Gasteiger partial charge < -0.3 is 5.73 Å². The lowest BCUT2D eigenvalue weighted by atomic mass is 9.48. The van der Waals surface area contributed by atoms with E-state index in [1.54, 1.807) is 0 Å². The first kappa shape index (κ1) is 12.6. The third-order valence-electron chi connectivity index (χ3n) is 5.97. The van der Waals surface area contributed by atoms with E-state index in [0.29, 0.717) is 12.3 Å². The predicted molar refractivity (Wildman–Crippen MR) is 79.3 cm³/mol. The maximum Gasteiger partial charge on any atom is 0.169 e. The monoisotopic (exact) mass is 269 g/mol. The number of carbonyl (C=O) groups excluding carboxylic acids is 1. The Morgan fingerprint density at radius 2 is 1.50 bits per heavy atom. The molecule has 0 heterocycles. The summed E-state index contributed by atoms with van der Waals surface area (Å²) < 4.78 is 0. The van der Waals surface area contributed by atoms with Crippen molar-refractivity contribution in [3.05, 3.63) is 35.4 Å². The second kappa shape index (κ2) is 4.42. The van der Waals surface area contributed by atoms with Crippen molar-refractivity contribution in [1.29, 1.82) is 0 Å². The van der Waals surface area contributed by atoms with E-state index in [2.05, 4.69) is 0 Å². The van der Waals surface area contributed by atoms with Crippen LogP contribution in [-0.4, -0.2) is 5.78 Å². The van der Waals surface area contributed by atoms with Crippen LogP contribution in [0.2, 0.25) is 0 Å². The summed E-state index contributed by atoms with van der Waals surface area (Å²) in [6, 6.07) is 7.99. The molecule has 4 fully saturated rings. The van der Waals surface area contributed by atoms with E-state index in [9.17, 15) is 4.79 Å². The van der Waals surface area contributed by atoms with E-state index in [1.165, 1.54) is 19.3 Å². The van der Waals surface area contributed by atoms with E-state index >= 15 is 0 Å². The Bertz CT molecular complexity index is 496. The third kappa shape index (κ3) is 1.85. The zero-order valence-corrected chi connectivity index (χ0v) is 12.0. The molecule has 4 aliphatic carbocycles. The number of hydrogen-bond donors (Lipinski definition) is 1. The van der Waals surface area contributed by atoms with Gasteiger partial charge in [-0.05, 0) is 61.8 Å². The maximum absolute atomic E-state index is 13.1. The number of carbonyl (C=O) groups is 1. The van der Waals surface area contributed by atoms with Gasteiger partial charge in [0.1, 0.15) is 0 Å². The maximum atomic E-state index is 13.1. The average Bonchev–Trinajstić information content (AvgIpc) is 2.45. The van der Waals surface area contributed by atoms with Crippen molar-refractivity contribution >= 4 is 5.78 Å². The molecule has 2 N–H and O–H groups in total. The van der Waals surface area contributed by atoms with Crippen LogP contribution in [0.5, 0.6) is 0 Å². The highest BCUT2D eigenvalue weighted by Gasteiger charge is 2.54. The fourth-order valence-electron chi connectivity index (χ4n) is 5.49. The quantitative estimate of drug-likeness (QED) is 0.853. The van der Waals surface area contributed by atoms with Gasteiger partial charge in [-0.1, -0.05) is 24.3 Å². The van der Waals surface area contributed by atoms with Crippen LogP contribution < -0.4 is 5.73 Å². The highest BCUT2D eigenvalue weighted by atomic mass is 16.1. The first-order chi connectivity index (χ1) is 9.68. The number of Topliss-reactive ketones (excluding diaryl/α,β-unsaturated/α-hetero) is 1. The molecule has 0 atom stereocenters. The van der Waals surface area contributed by atoms with Gasteiger partial charge >= 0.3 is 0 Å². The van der Waals surface area contributed by atoms with Crippen molar-refractivity contribution in [1.82, 2.24) is 0 Å². The number of ketones is 1. The molecule has 4 saturated carbocycles. The lowest BCUT2D eigenvalue weighted by molar-refractivity contribution is -0.0353. The van der Waals surface area contributed by atoms with Crippen molar-refractivity contribution in [2.75, 3.05) is 0 Å². The Morgan fingerprint density at radius 1 is 1.00 bits per heavy atom. The molecule has 0 aliphatic heterocycles. The van der Waals surface area contributed by atoms with Crippen LogP contribution in [0.1, 0.15) is 54.4 Å². The molecule has 0 aromatic heterocycles. The lowest BCUT2D eigenvalue weighted by Crippen LogP contribution is -2.50. The van der Waals surface area contributed by atoms with Crippen LogP contribution in [-0.2, 0) is 6.54 Å². The predicted octanol–water partition coefficient (Wildman–Crippen LogP) is 3.54. The Hall–Kier alpha value is -1.15. The number of hydrogen-bond acceptors (Lipinski definition) is 2. The molecule has 2 nitrogen and oxygen atoms in total. The molecule has 0 spiro atoms. The van der Waals surface area contributed by atoms with Crippen LogP contribution >= 0.6 is 0 Å². The molecule has 0 saturated heterocycles. The van der Waals surface area contributed by atoms with Gasteiger partial charge in [-0.15, -0.1) is 0 Å². The van der Waals surface area contributed by atoms with E-state index in [1.807, 2.05) is 24.3 Å². The molecular weight excluding hydrogens is 246 g/mol. The first-order valence-corrected chi connectivity index (χ1v) is 8.02. The first-order valence-electron chi connectivity index (χ1n) is 8.02. The van der Waals surface area contributed by atoms with Gasteiger partial charge in [-0.3, -0.25) is 4.79 Å². The SMILES string of the molecule is NCc1ccc(C(=O)C23CC4CC(CC(C4)C2)C3)cc1. The van der Waals surface area contributed by atoms with E-state index in [-0.39, 0.29) is 5.41 Å². The minimum Gasteiger partial charge on any atom is -0.326 e. The molecule has 2 heteroatoms. The fourth-order valence-corrected chi connectivity index (χ4v) is 5.49. The fraction of sp³-hybridized carbons (Fsp3) is 0.611. The summed E-state index contributed by atoms with van der Waals surface area (Å²) in [4.78, 5) is 13.1. The number of rotatable bonds is 3. The van der Waals surface area contributed by atoms with Gasteiger partial charge in [0.2, 0.25) is 0 Å². The molecule has 106 valence electrons. The Morgan fingerprint density at radius 3 is 1.95 bits per heavy atom. The number of benzene rings is 1. The summed E-state index contributed by atoms with van der Waals surface area (Å²) in [5, 5.41) is 0. The highest BCUT2D eigenvalue weighted by molar-refractivity contribution is 6.00. The topological polar surface area (TPSA) is 43.1 Å². The van der Waals surface area contributed by atoms with Crippen LogP contribution in [0.4, 0.5) is 0 Å². The molecule has 5 rings (SSSR count). The van der Waals surface area contributed by atoms with Crippen molar-refractivity contribution in [3.8, 4) is 0 Å². The van der Waals surface area contributed by atoms with Gasteiger partial charge in [0, 0.05) is 17.5 Å². The Balaban J connectivity index is 1.64. The zero-order chi connectivity index (χ0) is 13.7. The van der Waals surface area contributed by atoms with Crippen molar-refractivity contribution in [3.63, 3.8) is 0 Å². The van der Waals surface area contributed by atoms with E-state index in [4.69, 9.17) is 5.73 Å². The molecule has 4 aliphatic rings. The van der Waals surface area contributed by atoms with Crippen molar-refractivity contribution < 1.29 is 4.79 Å². The van der Waals surface area contributed by atoms with Gasteiger partial charge in [0.15, 0.2) is 5.78 Å². The lowest BCUT2D eigenvalue weighted by Gasteiger charge is -2.56. The molecule has 0 radical (unpaired) electrons. The Labute approximate surface area is 120 Å². The van der Waals surface area contributed by atoms with Crippen molar-refractivity contribution in [2.45, 2.75) is 45.1 Å². The highest BCUT2D eigenvalue weighted by Crippen LogP contribution is 2.60. The third-order valence-corrected chi connectivity index (χ3v) is 5.97.